The molecule has 9 nitrogen and oxygen atoms in total. The minimum Gasteiger partial charge on any atom is -0.396 e. The van der Waals surface area contributed by atoms with Crippen molar-refractivity contribution in [1.82, 2.24) is 5.32 Å². The number of fused-ring (bicyclic) bond motifs is 2. The summed E-state index contributed by atoms with van der Waals surface area (Å²) in [6.07, 6.45) is 11.8. The van der Waals surface area contributed by atoms with Gasteiger partial charge in [0.25, 0.3) is 0 Å². The quantitative estimate of drug-likeness (QED) is 0.203. The Labute approximate surface area is 298 Å². The van der Waals surface area contributed by atoms with Crippen molar-refractivity contribution in [1.29, 1.82) is 0 Å². The van der Waals surface area contributed by atoms with Crippen LogP contribution in [0.1, 0.15) is 112 Å². The van der Waals surface area contributed by atoms with Gasteiger partial charge in [-0.15, -0.1) is 0 Å². The van der Waals surface area contributed by atoms with Crippen molar-refractivity contribution in [3.8, 4) is 0 Å². The molecule has 0 aromatic heterocycles. The van der Waals surface area contributed by atoms with Gasteiger partial charge < -0.3 is 41.0 Å². The summed E-state index contributed by atoms with van der Waals surface area (Å²) in [6.45, 7) is 11.7. The van der Waals surface area contributed by atoms with E-state index in [1.807, 2.05) is 19.9 Å². The minimum atomic E-state index is -1.34. The number of Topliss-reactive ketones (excluding diaryl/α,β-unsaturated/α-hetero) is 1. The second-order valence-electron chi connectivity index (χ2n) is 19.0. The molecule has 3 saturated carbocycles. The highest BCUT2D eigenvalue weighted by Crippen LogP contribution is 2.75. The van der Waals surface area contributed by atoms with Gasteiger partial charge in [-0.05, 0) is 136 Å². The summed E-state index contributed by atoms with van der Waals surface area (Å²) in [5.41, 5.74) is 4.27. The van der Waals surface area contributed by atoms with Crippen molar-refractivity contribution in [3.05, 3.63) is 34.7 Å². The summed E-state index contributed by atoms with van der Waals surface area (Å²) in [6, 6.07) is 0. The lowest BCUT2D eigenvalue weighted by Crippen LogP contribution is -2.65. The monoisotopic (exact) mass is 694 g/mol. The molecular weight excluding hydrogens is 632 g/mol. The maximum Gasteiger partial charge on any atom is 0.162 e. The van der Waals surface area contributed by atoms with Crippen LogP contribution in [-0.2, 0) is 14.3 Å². The SMILES string of the molecule is C[C@@H]1CCO[C@]([C@H]2C[C@@H]3CCC4=C5[C@H](CC[C@@]2(C)[C@]53O)[C@@]2(C)CC[C@H](O)C[C@H]2C4=O)([C@H]2O[C@@H]2[C@](C)(O)[C@](C)(CO)CCC2=CCNC(N)=C2)C1. The number of ketones is 1. The van der Waals surface area contributed by atoms with E-state index in [4.69, 9.17) is 15.2 Å². The van der Waals surface area contributed by atoms with Gasteiger partial charge in [0.2, 0.25) is 0 Å². The number of carbonyl (C=O) groups excluding carboxylic acids is 1. The summed E-state index contributed by atoms with van der Waals surface area (Å²) in [7, 11) is 0. The molecule has 0 spiro atoms. The van der Waals surface area contributed by atoms with Gasteiger partial charge in [-0.3, -0.25) is 4.79 Å². The largest absolute Gasteiger partial charge is 0.396 e. The van der Waals surface area contributed by atoms with Crippen molar-refractivity contribution >= 4 is 5.78 Å². The lowest BCUT2D eigenvalue weighted by molar-refractivity contribution is -0.197. The number of aliphatic hydroxyl groups is 4. The molecule has 0 unspecified atom stereocenters. The van der Waals surface area contributed by atoms with Crippen LogP contribution in [0.2, 0.25) is 0 Å². The molecule has 8 rings (SSSR count). The first-order valence-corrected chi connectivity index (χ1v) is 19.8. The zero-order valence-corrected chi connectivity index (χ0v) is 31.0. The summed E-state index contributed by atoms with van der Waals surface area (Å²) in [5.74, 6) is 1.18. The highest BCUT2D eigenvalue weighted by Gasteiger charge is 2.78. The predicted octanol–water partition coefficient (Wildman–Crippen LogP) is 4.42. The number of rotatable bonds is 8. The molecule has 3 aliphatic heterocycles. The second kappa shape index (κ2) is 11.6. The fourth-order valence-electron chi connectivity index (χ4n) is 13.2. The van der Waals surface area contributed by atoms with Crippen LogP contribution in [0, 0.1) is 45.8 Å². The second-order valence-corrected chi connectivity index (χ2v) is 19.0. The van der Waals surface area contributed by atoms with Gasteiger partial charge >= 0.3 is 0 Å². The zero-order valence-electron chi connectivity index (χ0n) is 31.0. The number of dihydropyridines is 1. The average Bonchev–Trinajstić information content (AvgIpc) is 3.86. The van der Waals surface area contributed by atoms with Gasteiger partial charge in [0.05, 0.1) is 29.7 Å². The third kappa shape index (κ3) is 4.68. The van der Waals surface area contributed by atoms with Crippen molar-refractivity contribution in [2.24, 2.45) is 51.6 Å². The van der Waals surface area contributed by atoms with Crippen molar-refractivity contribution in [2.45, 2.75) is 147 Å². The van der Waals surface area contributed by atoms with Crippen LogP contribution in [0.25, 0.3) is 0 Å². The Hall–Kier alpha value is -1.75. The molecule has 0 aromatic carbocycles. The number of epoxide rings is 1. The number of carbonyl (C=O) groups is 1. The Bertz CT molecular complexity index is 1520. The van der Waals surface area contributed by atoms with Gasteiger partial charge in [-0.1, -0.05) is 33.8 Å². The Kier molecular flexibility index (Phi) is 8.20. The van der Waals surface area contributed by atoms with Crippen LogP contribution >= 0.6 is 0 Å². The normalized spacial score (nSPS) is 49.1. The van der Waals surface area contributed by atoms with E-state index in [-0.39, 0.29) is 47.6 Å². The predicted molar refractivity (Wildman–Crippen MR) is 189 cm³/mol. The first-order chi connectivity index (χ1) is 23.6. The fourth-order valence-corrected chi connectivity index (χ4v) is 13.2. The third-order valence-electron chi connectivity index (χ3n) is 16.6. The third-order valence-corrected chi connectivity index (χ3v) is 16.6. The number of hydrogen-bond acceptors (Lipinski definition) is 9. The van der Waals surface area contributed by atoms with E-state index in [2.05, 4.69) is 32.2 Å². The summed E-state index contributed by atoms with van der Waals surface area (Å²) in [5, 5.41) is 50.5. The van der Waals surface area contributed by atoms with Gasteiger partial charge in [-0.2, -0.15) is 0 Å². The molecule has 5 aliphatic carbocycles. The molecule has 0 aromatic rings. The Morgan fingerprint density at radius 3 is 2.60 bits per heavy atom. The number of nitrogens with two attached hydrogens (primary N) is 1. The Morgan fingerprint density at radius 2 is 1.88 bits per heavy atom. The number of allylic oxidation sites excluding steroid dienone is 3. The summed E-state index contributed by atoms with van der Waals surface area (Å²) < 4.78 is 13.8. The fraction of sp³-hybridized carbons (Fsp3) is 0.829. The minimum absolute atomic E-state index is 0.0199. The first kappa shape index (κ1) is 35.3. The molecule has 50 heavy (non-hydrogen) atoms. The molecule has 3 heterocycles. The summed E-state index contributed by atoms with van der Waals surface area (Å²) >= 11 is 0. The molecule has 278 valence electrons. The molecule has 0 bridgehead atoms. The van der Waals surface area contributed by atoms with E-state index in [1.54, 1.807) is 0 Å². The van der Waals surface area contributed by atoms with Crippen LogP contribution < -0.4 is 11.1 Å². The van der Waals surface area contributed by atoms with Gasteiger partial charge in [0.1, 0.15) is 17.8 Å². The zero-order chi connectivity index (χ0) is 35.6. The molecule has 8 aliphatic rings. The van der Waals surface area contributed by atoms with Gasteiger partial charge in [0.15, 0.2) is 5.78 Å². The van der Waals surface area contributed by atoms with Crippen molar-refractivity contribution < 1.29 is 34.7 Å². The molecular formula is C41H62N2O7. The highest BCUT2D eigenvalue weighted by molar-refractivity contribution is 6.00. The standard InChI is InChI=1S/C41H62N2O7/c1-23-12-17-49-40(21-23,35-34(50-35)39(5,47)36(2,22-44)13-8-24-11-16-43-31(42)18-24)30-19-25-6-7-27-32-28(10-15-38(30,4)41(25,32)48)37(3)14-9-26(45)20-29(37)33(27)46/h11,18,23,25-26,28-30,34-35,43-45,47-48H,6-10,12-17,19-22,42H2,1-5H3/t23-,25+,26+,28+,29+,30+,34+,35+,36+,37-,38-,39+,40-,41-/m1/s1. The van der Waals surface area contributed by atoms with Crippen LogP contribution in [0.3, 0.4) is 0 Å². The van der Waals surface area contributed by atoms with Crippen LogP contribution in [-0.4, -0.2) is 81.1 Å². The van der Waals surface area contributed by atoms with E-state index in [1.165, 1.54) is 0 Å². The molecule has 14 atom stereocenters. The number of aliphatic hydroxyl groups excluding tert-OH is 2. The van der Waals surface area contributed by atoms with E-state index >= 15 is 0 Å². The Balaban J connectivity index is 1.14. The summed E-state index contributed by atoms with van der Waals surface area (Å²) in [4.78, 5) is 14.3. The number of nitrogens with one attached hydrogen (secondary N) is 1. The molecule has 5 fully saturated rings. The van der Waals surface area contributed by atoms with E-state index in [0.29, 0.717) is 57.0 Å². The van der Waals surface area contributed by atoms with Crippen molar-refractivity contribution in [2.75, 3.05) is 19.8 Å². The van der Waals surface area contributed by atoms with E-state index in [9.17, 15) is 25.2 Å². The van der Waals surface area contributed by atoms with Crippen LogP contribution in [0.4, 0.5) is 0 Å². The maximum absolute atomic E-state index is 14.3. The first-order valence-electron chi connectivity index (χ1n) is 19.8. The highest BCUT2D eigenvalue weighted by atomic mass is 16.6. The maximum atomic E-state index is 14.3. The lowest BCUT2D eigenvalue weighted by atomic mass is 9.42. The topological polar surface area (TPSA) is 158 Å². The van der Waals surface area contributed by atoms with Gasteiger partial charge in [0, 0.05) is 29.9 Å². The van der Waals surface area contributed by atoms with Crippen LogP contribution in [0.15, 0.2) is 34.7 Å². The molecule has 7 N–H and O–H groups in total. The Morgan fingerprint density at radius 1 is 1.10 bits per heavy atom. The average molecular weight is 695 g/mol. The molecule has 2 saturated heterocycles. The number of ether oxygens (including phenoxy) is 2. The molecule has 9 heteroatoms. The lowest BCUT2D eigenvalue weighted by Gasteiger charge is -2.63. The van der Waals surface area contributed by atoms with Gasteiger partial charge in [-0.25, -0.2) is 0 Å². The van der Waals surface area contributed by atoms with Crippen molar-refractivity contribution in [3.63, 3.8) is 0 Å². The molecule has 0 amide bonds. The molecule has 0 radical (unpaired) electrons. The van der Waals surface area contributed by atoms with Crippen LogP contribution in [0.5, 0.6) is 0 Å². The van der Waals surface area contributed by atoms with E-state index < -0.39 is 39.8 Å². The smallest absolute Gasteiger partial charge is 0.162 e. The number of hydrogen-bond donors (Lipinski definition) is 6. The van der Waals surface area contributed by atoms with E-state index in [0.717, 1.165) is 61.7 Å².